The first kappa shape index (κ1) is 5.51. The Balaban J connectivity index is 2.62. The molecule has 0 fully saturated rings. The number of thioether (sulfide) groups is 1. The molecule has 1 rings (SSSR count). The Bertz CT molecular complexity index is 155. The molecule has 1 N–H and O–H groups in total. The van der Waals surface area contributed by atoms with Crippen molar-refractivity contribution in [2.75, 3.05) is 0 Å². The molecular formula is C6H7NS. The zero-order valence-electron chi connectivity index (χ0n) is 4.42. The predicted molar refractivity (Wildman–Crippen MR) is 36.8 cm³/mol. The van der Waals surface area contributed by atoms with Gasteiger partial charge in [0.15, 0.2) is 0 Å². The molecule has 0 bridgehead atoms. The molecule has 1 nitrogen and oxygen atoms in total. The second-order valence-electron chi connectivity index (χ2n) is 1.32. The molecule has 1 heterocycles. The van der Waals surface area contributed by atoms with Crippen molar-refractivity contribution in [2.24, 2.45) is 0 Å². The average molecular weight is 125 g/mol. The average Bonchev–Trinajstić information content (AvgIpc) is 2.19. The number of rotatable bonds is 2. The van der Waals surface area contributed by atoms with E-state index in [1.165, 1.54) is 0 Å². The topological polar surface area (TPSA) is 15.8 Å². The molecule has 0 amide bonds. The van der Waals surface area contributed by atoms with Crippen LogP contribution < -0.4 is 0 Å². The lowest BCUT2D eigenvalue weighted by atomic mass is 10.7. The van der Waals surface area contributed by atoms with E-state index in [0.29, 0.717) is 0 Å². The largest absolute Gasteiger partial charge is 0.356 e. The van der Waals surface area contributed by atoms with Crippen molar-refractivity contribution in [3.05, 3.63) is 30.3 Å². The Morgan fingerprint density at radius 3 is 3.12 bits per heavy atom. The van der Waals surface area contributed by atoms with Crippen molar-refractivity contribution in [1.29, 1.82) is 0 Å². The van der Waals surface area contributed by atoms with Gasteiger partial charge >= 0.3 is 0 Å². The van der Waals surface area contributed by atoms with Crippen LogP contribution in [-0.4, -0.2) is 4.98 Å². The third kappa shape index (κ3) is 1.17. The summed E-state index contributed by atoms with van der Waals surface area (Å²) in [6, 6.07) is 3.97. The Labute approximate surface area is 52.8 Å². The Morgan fingerprint density at radius 2 is 2.62 bits per heavy atom. The van der Waals surface area contributed by atoms with Gasteiger partial charge < -0.3 is 4.98 Å². The van der Waals surface area contributed by atoms with Crippen molar-refractivity contribution in [3.63, 3.8) is 0 Å². The third-order valence-electron chi connectivity index (χ3n) is 0.780. The summed E-state index contributed by atoms with van der Waals surface area (Å²) in [6.07, 6.45) is 1.89. The van der Waals surface area contributed by atoms with Gasteiger partial charge in [0.05, 0.1) is 5.03 Å². The molecule has 0 saturated heterocycles. The summed E-state index contributed by atoms with van der Waals surface area (Å²) in [4.78, 5) is 3.03. The molecule has 0 aliphatic carbocycles. The number of aromatic amines is 1. The first-order valence-corrected chi connectivity index (χ1v) is 3.22. The minimum Gasteiger partial charge on any atom is -0.356 e. The summed E-state index contributed by atoms with van der Waals surface area (Å²) in [6.45, 7) is 3.58. The van der Waals surface area contributed by atoms with Crippen LogP contribution in [0.2, 0.25) is 0 Å². The quantitative estimate of drug-likeness (QED) is 0.599. The molecule has 1 aromatic heterocycles. The number of hydrogen-bond donors (Lipinski definition) is 1. The zero-order chi connectivity index (χ0) is 5.82. The van der Waals surface area contributed by atoms with Crippen LogP contribution in [0.4, 0.5) is 0 Å². The number of hydrogen-bond acceptors (Lipinski definition) is 1. The summed E-state index contributed by atoms with van der Waals surface area (Å²) in [5, 5.41) is 2.94. The van der Waals surface area contributed by atoms with Gasteiger partial charge in [0.25, 0.3) is 0 Å². The highest BCUT2D eigenvalue weighted by molar-refractivity contribution is 8.02. The lowest BCUT2D eigenvalue weighted by Crippen LogP contribution is -1.59. The van der Waals surface area contributed by atoms with Crippen LogP contribution in [0.3, 0.4) is 0 Å². The van der Waals surface area contributed by atoms with Crippen LogP contribution in [0.15, 0.2) is 35.3 Å². The van der Waals surface area contributed by atoms with Crippen molar-refractivity contribution in [2.45, 2.75) is 5.03 Å². The van der Waals surface area contributed by atoms with E-state index in [9.17, 15) is 0 Å². The maximum Gasteiger partial charge on any atom is 0.0763 e. The van der Waals surface area contributed by atoms with Crippen LogP contribution >= 0.6 is 11.8 Å². The van der Waals surface area contributed by atoms with E-state index in [-0.39, 0.29) is 0 Å². The minimum absolute atomic E-state index is 1.14. The smallest absolute Gasteiger partial charge is 0.0763 e. The van der Waals surface area contributed by atoms with Gasteiger partial charge in [-0.05, 0) is 17.5 Å². The van der Waals surface area contributed by atoms with E-state index < -0.39 is 0 Å². The molecule has 0 radical (unpaired) electrons. The highest BCUT2D eigenvalue weighted by atomic mass is 32.2. The van der Waals surface area contributed by atoms with Crippen LogP contribution in [0.1, 0.15) is 0 Å². The predicted octanol–water partition coefficient (Wildman–Crippen LogP) is 2.25. The van der Waals surface area contributed by atoms with E-state index in [2.05, 4.69) is 11.6 Å². The van der Waals surface area contributed by atoms with Crippen LogP contribution in [-0.2, 0) is 0 Å². The van der Waals surface area contributed by atoms with Gasteiger partial charge in [-0.25, -0.2) is 0 Å². The molecule has 0 spiro atoms. The highest BCUT2D eigenvalue weighted by Crippen LogP contribution is 2.13. The van der Waals surface area contributed by atoms with Gasteiger partial charge in [-0.15, -0.1) is 0 Å². The fourth-order valence-electron chi connectivity index (χ4n) is 0.477. The van der Waals surface area contributed by atoms with E-state index >= 15 is 0 Å². The Hall–Kier alpha value is -0.630. The molecule has 1 aromatic rings. The van der Waals surface area contributed by atoms with Gasteiger partial charge in [-0.3, -0.25) is 0 Å². The first-order chi connectivity index (χ1) is 3.93. The van der Waals surface area contributed by atoms with Crippen molar-refractivity contribution in [3.8, 4) is 0 Å². The van der Waals surface area contributed by atoms with E-state index in [0.717, 1.165) is 5.03 Å². The highest BCUT2D eigenvalue weighted by Gasteiger charge is 1.83. The van der Waals surface area contributed by atoms with Gasteiger partial charge in [-0.2, -0.15) is 0 Å². The van der Waals surface area contributed by atoms with Crippen molar-refractivity contribution >= 4 is 11.8 Å². The molecule has 0 aliphatic rings. The third-order valence-corrected chi connectivity index (χ3v) is 1.45. The lowest BCUT2D eigenvalue weighted by molar-refractivity contribution is 1.21. The first-order valence-electron chi connectivity index (χ1n) is 2.34. The normalized spacial score (nSPS) is 9.00. The minimum atomic E-state index is 1.14. The van der Waals surface area contributed by atoms with Crippen molar-refractivity contribution in [1.82, 2.24) is 4.98 Å². The van der Waals surface area contributed by atoms with Crippen LogP contribution in [0.5, 0.6) is 0 Å². The molecular weight excluding hydrogens is 118 g/mol. The molecule has 0 atom stereocenters. The molecule has 0 unspecified atom stereocenters. The summed E-state index contributed by atoms with van der Waals surface area (Å²) in [7, 11) is 0. The van der Waals surface area contributed by atoms with Gasteiger partial charge in [-0.1, -0.05) is 18.3 Å². The van der Waals surface area contributed by atoms with Gasteiger partial charge in [0, 0.05) is 6.20 Å². The monoisotopic (exact) mass is 125 g/mol. The summed E-state index contributed by atoms with van der Waals surface area (Å²) >= 11 is 1.59. The molecule has 2 heteroatoms. The molecule has 0 aliphatic heterocycles. The molecule has 42 valence electrons. The standard InChI is InChI=1S/C6H7NS/c1-2-8-6-4-3-5-7-6/h2-5,7H,1H2. The number of nitrogens with one attached hydrogen (secondary N) is 1. The van der Waals surface area contributed by atoms with Crippen LogP contribution in [0, 0.1) is 0 Å². The van der Waals surface area contributed by atoms with E-state index in [4.69, 9.17) is 0 Å². The van der Waals surface area contributed by atoms with Gasteiger partial charge in [0.1, 0.15) is 0 Å². The molecule has 0 aromatic carbocycles. The van der Waals surface area contributed by atoms with E-state index in [1.54, 1.807) is 17.2 Å². The maximum atomic E-state index is 3.58. The second kappa shape index (κ2) is 2.62. The summed E-state index contributed by atoms with van der Waals surface area (Å²) in [5.41, 5.74) is 0. The zero-order valence-corrected chi connectivity index (χ0v) is 5.24. The number of H-pyrrole nitrogens is 1. The molecule has 8 heavy (non-hydrogen) atoms. The van der Waals surface area contributed by atoms with E-state index in [1.807, 2.05) is 18.3 Å². The fraction of sp³-hybridized carbons (Fsp3) is 0. The maximum absolute atomic E-state index is 3.58. The van der Waals surface area contributed by atoms with Crippen molar-refractivity contribution < 1.29 is 0 Å². The van der Waals surface area contributed by atoms with Crippen LogP contribution in [0.25, 0.3) is 0 Å². The second-order valence-corrected chi connectivity index (χ2v) is 2.33. The number of aromatic nitrogens is 1. The van der Waals surface area contributed by atoms with Gasteiger partial charge in [0.2, 0.25) is 0 Å². The fourth-order valence-corrected chi connectivity index (χ4v) is 0.950. The molecule has 0 saturated carbocycles. The summed E-state index contributed by atoms with van der Waals surface area (Å²) < 4.78 is 0. The SMILES string of the molecule is C=CSc1ccc[nH]1. The summed E-state index contributed by atoms with van der Waals surface area (Å²) in [5.74, 6) is 0. The Kier molecular flexibility index (Phi) is 1.80. The lowest BCUT2D eigenvalue weighted by Gasteiger charge is -1.83. The Morgan fingerprint density at radius 1 is 1.75 bits per heavy atom.